The summed E-state index contributed by atoms with van der Waals surface area (Å²) in [6.45, 7) is 3.44. The zero-order valence-electron chi connectivity index (χ0n) is 9.23. The zero-order valence-corrected chi connectivity index (χ0v) is 9.23. The Morgan fingerprint density at radius 1 is 1.31 bits per heavy atom. The lowest BCUT2D eigenvalue weighted by molar-refractivity contribution is 0.141. The van der Waals surface area contributed by atoms with Gasteiger partial charge in [-0.15, -0.1) is 0 Å². The van der Waals surface area contributed by atoms with Crippen molar-refractivity contribution in [1.82, 2.24) is 0 Å². The molecular formula is C13H14O3. The summed E-state index contributed by atoms with van der Waals surface area (Å²) in [7, 11) is 0. The van der Waals surface area contributed by atoms with E-state index < -0.39 is 0 Å². The molecule has 0 aliphatic carbocycles. The smallest absolute Gasteiger partial charge is 0.137 e. The van der Waals surface area contributed by atoms with E-state index in [1.54, 1.807) is 0 Å². The molecule has 1 atom stereocenters. The molecule has 0 bridgehead atoms. The lowest BCUT2D eigenvalue weighted by atomic mass is 10.2. The molecule has 16 heavy (non-hydrogen) atoms. The van der Waals surface area contributed by atoms with Crippen molar-refractivity contribution in [2.75, 3.05) is 13.2 Å². The van der Waals surface area contributed by atoms with Crippen LogP contribution in [-0.4, -0.2) is 19.3 Å². The Morgan fingerprint density at radius 2 is 2.25 bits per heavy atom. The van der Waals surface area contributed by atoms with E-state index in [9.17, 15) is 0 Å². The molecule has 3 rings (SSSR count). The third-order valence-corrected chi connectivity index (χ3v) is 2.81. The fourth-order valence-corrected chi connectivity index (χ4v) is 2.02. The maximum atomic E-state index is 5.81. The highest BCUT2D eigenvalue weighted by molar-refractivity contribution is 5.79. The lowest BCUT2D eigenvalue weighted by Gasteiger charge is -2.11. The van der Waals surface area contributed by atoms with E-state index in [0.717, 1.165) is 35.5 Å². The number of rotatable bonds is 2. The van der Waals surface area contributed by atoms with Crippen LogP contribution in [-0.2, 0) is 4.74 Å². The number of furan rings is 1. The summed E-state index contributed by atoms with van der Waals surface area (Å²) in [6.07, 6.45) is 1.16. The van der Waals surface area contributed by atoms with Crippen LogP contribution in [0.1, 0.15) is 12.2 Å². The molecule has 0 amide bonds. The first-order valence-electron chi connectivity index (χ1n) is 5.56. The summed E-state index contributed by atoms with van der Waals surface area (Å²) in [6, 6.07) is 7.98. The summed E-state index contributed by atoms with van der Waals surface area (Å²) < 4.78 is 16.6. The summed E-state index contributed by atoms with van der Waals surface area (Å²) in [5, 5.41) is 1.12. The highest BCUT2D eigenvalue weighted by Crippen LogP contribution is 2.25. The molecule has 3 nitrogen and oxygen atoms in total. The van der Waals surface area contributed by atoms with Crippen molar-refractivity contribution in [3.63, 3.8) is 0 Å². The summed E-state index contributed by atoms with van der Waals surface area (Å²) in [5.74, 6) is 1.79. The zero-order chi connectivity index (χ0) is 11.0. The Labute approximate surface area is 94.0 Å². The molecule has 1 aromatic heterocycles. The van der Waals surface area contributed by atoms with Gasteiger partial charge >= 0.3 is 0 Å². The van der Waals surface area contributed by atoms with E-state index >= 15 is 0 Å². The molecule has 1 fully saturated rings. The van der Waals surface area contributed by atoms with Crippen LogP contribution in [0.25, 0.3) is 11.0 Å². The number of ether oxygens (including phenoxy) is 2. The Kier molecular flexibility index (Phi) is 2.33. The fraction of sp³-hybridized carbons (Fsp3) is 0.385. The van der Waals surface area contributed by atoms with Crippen LogP contribution in [0.3, 0.4) is 0 Å². The predicted octanol–water partition coefficient (Wildman–Crippen LogP) is 2.91. The van der Waals surface area contributed by atoms with Crippen molar-refractivity contribution in [1.29, 1.82) is 0 Å². The van der Waals surface area contributed by atoms with Gasteiger partial charge in [-0.1, -0.05) is 0 Å². The number of fused-ring (bicyclic) bond motifs is 1. The van der Waals surface area contributed by atoms with Crippen LogP contribution >= 0.6 is 0 Å². The second-order valence-corrected chi connectivity index (χ2v) is 4.16. The molecule has 1 aliphatic rings. The topological polar surface area (TPSA) is 31.6 Å². The van der Waals surface area contributed by atoms with Crippen molar-refractivity contribution in [2.45, 2.75) is 19.4 Å². The molecule has 0 spiro atoms. The van der Waals surface area contributed by atoms with Crippen LogP contribution in [0.15, 0.2) is 28.7 Å². The van der Waals surface area contributed by atoms with E-state index in [4.69, 9.17) is 13.9 Å². The normalized spacial score (nSPS) is 20.4. The minimum absolute atomic E-state index is 0.188. The van der Waals surface area contributed by atoms with E-state index in [-0.39, 0.29) is 6.10 Å². The van der Waals surface area contributed by atoms with Crippen molar-refractivity contribution in [2.24, 2.45) is 0 Å². The molecule has 1 aliphatic heterocycles. The average molecular weight is 218 g/mol. The minimum Gasteiger partial charge on any atom is -0.488 e. The number of benzene rings is 1. The Bertz CT molecular complexity index is 495. The van der Waals surface area contributed by atoms with Gasteiger partial charge in [-0.05, 0) is 25.1 Å². The van der Waals surface area contributed by atoms with Crippen molar-refractivity contribution in [3.05, 3.63) is 30.0 Å². The quantitative estimate of drug-likeness (QED) is 0.776. The van der Waals surface area contributed by atoms with Crippen LogP contribution < -0.4 is 4.74 Å². The molecule has 1 unspecified atom stereocenters. The summed E-state index contributed by atoms with van der Waals surface area (Å²) in [5.41, 5.74) is 0.883. The van der Waals surface area contributed by atoms with Gasteiger partial charge in [0.15, 0.2) is 0 Å². The van der Waals surface area contributed by atoms with Crippen molar-refractivity contribution in [3.8, 4) is 5.75 Å². The third kappa shape index (κ3) is 1.78. The first-order valence-corrected chi connectivity index (χ1v) is 5.56. The average Bonchev–Trinajstić information content (AvgIpc) is 2.85. The Balaban J connectivity index is 1.86. The van der Waals surface area contributed by atoms with E-state index in [2.05, 4.69) is 0 Å². The molecule has 0 saturated carbocycles. The molecular weight excluding hydrogens is 204 g/mol. The van der Waals surface area contributed by atoms with Gasteiger partial charge in [0.1, 0.15) is 23.2 Å². The SMILES string of the molecule is Cc1cc2ccc(OC3CCOC3)cc2o1. The highest BCUT2D eigenvalue weighted by atomic mass is 16.5. The van der Waals surface area contributed by atoms with Gasteiger partial charge in [-0.2, -0.15) is 0 Å². The lowest BCUT2D eigenvalue weighted by Crippen LogP contribution is -2.15. The molecule has 84 valence electrons. The molecule has 3 heteroatoms. The van der Waals surface area contributed by atoms with E-state index in [1.165, 1.54) is 0 Å². The maximum Gasteiger partial charge on any atom is 0.137 e. The van der Waals surface area contributed by atoms with Crippen LogP contribution in [0.2, 0.25) is 0 Å². The molecule has 0 radical (unpaired) electrons. The minimum atomic E-state index is 0.188. The van der Waals surface area contributed by atoms with E-state index in [0.29, 0.717) is 6.61 Å². The highest BCUT2D eigenvalue weighted by Gasteiger charge is 2.17. The van der Waals surface area contributed by atoms with Gasteiger partial charge in [0.2, 0.25) is 0 Å². The first kappa shape index (κ1) is 9.73. The van der Waals surface area contributed by atoms with Crippen molar-refractivity contribution < 1.29 is 13.9 Å². The Hall–Kier alpha value is -1.48. The summed E-state index contributed by atoms with van der Waals surface area (Å²) in [4.78, 5) is 0. The second-order valence-electron chi connectivity index (χ2n) is 4.16. The van der Waals surface area contributed by atoms with Gasteiger partial charge in [-0.25, -0.2) is 0 Å². The largest absolute Gasteiger partial charge is 0.488 e. The number of aryl methyl sites for hydroxylation is 1. The molecule has 1 saturated heterocycles. The fourth-order valence-electron chi connectivity index (χ4n) is 2.02. The molecule has 0 N–H and O–H groups in total. The standard InChI is InChI=1S/C13H14O3/c1-9-6-10-2-3-11(7-13(10)15-9)16-12-4-5-14-8-12/h2-3,6-7,12H,4-5,8H2,1H3. The Morgan fingerprint density at radius 3 is 3.06 bits per heavy atom. The van der Waals surface area contributed by atoms with Gasteiger partial charge < -0.3 is 13.9 Å². The predicted molar refractivity (Wildman–Crippen MR) is 60.8 cm³/mol. The van der Waals surface area contributed by atoms with Crippen LogP contribution in [0.5, 0.6) is 5.75 Å². The first-order chi connectivity index (χ1) is 7.81. The van der Waals surface area contributed by atoms with Crippen LogP contribution in [0.4, 0.5) is 0 Å². The van der Waals surface area contributed by atoms with Gasteiger partial charge in [0.05, 0.1) is 13.2 Å². The number of hydrogen-bond donors (Lipinski definition) is 0. The van der Waals surface area contributed by atoms with Gasteiger partial charge in [0, 0.05) is 17.9 Å². The molecule has 1 aromatic carbocycles. The third-order valence-electron chi connectivity index (χ3n) is 2.81. The molecule has 2 aromatic rings. The summed E-state index contributed by atoms with van der Waals surface area (Å²) >= 11 is 0. The number of hydrogen-bond acceptors (Lipinski definition) is 3. The van der Waals surface area contributed by atoms with Gasteiger partial charge in [0.25, 0.3) is 0 Å². The second kappa shape index (κ2) is 3.83. The van der Waals surface area contributed by atoms with Gasteiger partial charge in [-0.3, -0.25) is 0 Å². The van der Waals surface area contributed by atoms with Crippen molar-refractivity contribution >= 4 is 11.0 Å². The molecule has 2 heterocycles. The maximum absolute atomic E-state index is 5.81. The van der Waals surface area contributed by atoms with E-state index in [1.807, 2.05) is 31.2 Å². The van der Waals surface area contributed by atoms with Crippen LogP contribution in [0, 0.1) is 6.92 Å². The monoisotopic (exact) mass is 218 g/mol.